The van der Waals surface area contributed by atoms with E-state index in [4.69, 9.17) is 28.4 Å². The Balaban J connectivity index is 2.31. The summed E-state index contributed by atoms with van der Waals surface area (Å²) >= 11 is 0. The lowest BCUT2D eigenvalue weighted by atomic mass is 9.91. The summed E-state index contributed by atoms with van der Waals surface area (Å²) in [6.07, 6.45) is 0. The molecule has 0 fully saturated rings. The largest absolute Gasteiger partial charge is 0.496 e. The zero-order valence-corrected chi connectivity index (χ0v) is 21.6. The maximum Gasteiger partial charge on any atom is 0.202 e. The van der Waals surface area contributed by atoms with Crippen LogP contribution in [0.25, 0.3) is 0 Å². The van der Waals surface area contributed by atoms with Crippen LogP contribution in [0.15, 0.2) is 42.5 Å². The van der Waals surface area contributed by atoms with Crippen molar-refractivity contribution in [2.24, 2.45) is 0 Å². The summed E-state index contributed by atoms with van der Waals surface area (Å²) in [6.45, 7) is 0. The third-order valence-corrected chi connectivity index (χ3v) is 6.07. The van der Waals surface area contributed by atoms with Gasteiger partial charge in [0.25, 0.3) is 0 Å². The Morgan fingerprint density at radius 1 is 0.583 bits per heavy atom. The van der Waals surface area contributed by atoms with Gasteiger partial charge in [-0.05, 0) is 6.07 Å². The van der Waals surface area contributed by atoms with Gasteiger partial charge in [-0.15, -0.1) is 0 Å². The molecule has 0 aliphatic carbocycles. The van der Waals surface area contributed by atoms with E-state index in [1.165, 1.54) is 85.1 Å². The molecule has 0 aliphatic rings. The number of hydrogen-bond acceptors (Lipinski definition) is 9. The van der Waals surface area contributed by atoms with Crippen molar-refractivity contribution < 1.29 is 42.6 Å². The molecule has 0 radical (unpaired) electrons. The van der Waals surface area contributed by atoms with Crippen LogP contribution in [-0.4, -0.2) is 54.2 Å². The van der Waals surface area contributed by atoms with Crippen LogP contribution in [0, 0.1) is 0 Å². The number of rotatable bonds is 11. The molecule has 0 aliphatic heterocycles. The molecule has 0 aromatic heterocycles. The van der Waals surface area contributed by atoms with Crippen LogP contribution < -0.4 is 33.7 Å². The molecule has 0 spiro atoms. The minimum atomic E-state index is -0.625. The molecule has 0 amide bonds. The normalized spacial score (nSPS) is 10.5. The molecule has 36 heavy (non-hydrogen) atoms. The van der Waals surface area contributed by atoms with Crippen molar-refractivity contribution in [3.05, 3.63) is 64.7 Å². The van der Waals surface area contributed by atoms with Crippen molar-refractivity contribution in [1.82, 2.24) is 0 Å². The van der Waals surface area contributed by atoms with Crippen LogP contribution in [0.2, 0.25) is 0 Å². The van der Waals surface area contributed by atoms with E-state index < -0.39 is 20.0 Å². The Morgan fingerprint density at radius 2 is 1.00 bits per heavy atom. The van der Waals surface area contributed by atoms with E-state index in [1.807, 2.05) is 0 Å². The van der Waals surface area contributed by atoms with Gasteiger partial charge >= 0.3 is 0 Å². The van der Waals surface area contributed by atoms with Gasteiger partial charge in [0.15, 0.2) is 8.46 Å². The molecule has 0 N–H and O–H groups in total. The van der Waals surface area contributed by atoms with Crippen molar-refractivity contribution in [3.8, 4) is 34.5 Å². The first-order valence-electron chi connectivity index (χ1n) is 10.5. The Labute approximate surface area is 210 Å². The summed E-state index contributed by atoms with van der Waals surface area (Å²) in [5.41, 5.74) is 0.0197. The highest BCUT2D eigenvalue weighted by Crippen LogP contribution is 2.39. The van der Waals surface area contributed by atoms with Crippen molar-refractivity contribution in [1.29, 1.82) is 0 Å². The van der Waals surface area contributed by atoms with Gasteiger partial charge in [-0.1, -0.05) is 12.1 Å². The Morgan fingerprint density at radius 3 is 1.36 bits per heavy atom. The second-order valence-corrected chi connectivity index (χ2v) is 7.93. The van der Waals surface area contributed by atoms with Crippen LogP contribution in [0.3, 0.4) is 0 Å². The van der Waals surface area contributed by atoms with Crippen LogP contribution in [0.1, 0.15) is 31.8 Å². The van der Waals surface area contributed by atoms with Crippen LogP contribution in [-0.2, 0) is 4.57 Å². The van der Waals surface area contributed by atoms with Gasteiger partial charge in [-0.3, -0.25) is 14.2 Å². The molecule has 3 aromatic rings. The van der Waals surface area contributed by atoms with Gasteiger partial charge in [-0.25, -0.2) is 0 Å². The molecule has 0 heterocycles. The predicted octanol–water partition coefficient (Wildman–Crippen LogP) is 4.12. The van der Waals surface area contributed by atoms with E-state index in [-0.39, 0.29) is 50.6 Å². The number of ketones is 2. The first-order chi connectivity index (χ1) is 17.4. The monoisotopic (exact) mass is 512 g/mol. The third kappa shape index (κ3) is 4.83. The third-order valence-electron chi connectivity index (χ3n) is 5.50. The zero-order valence-electron chi connectivity index (χ0n) is 20.7. The number of ether oxygens (including phenoxy) is 6. The van der Waals surface area contributed by atoms with Crippen LogP contribution in [0.4, 0.5) is 0 Å². The van der Waals surface area contributed by atoms with Crippen molar-refractivity contribution in [2.45, 2.75) is 0 Å². The highest BCUT2D eigenvalue weighted by Gasteiger charge is 2.31. The lowest BCUT2D eigenvalue weighted by molar-refractivity contribution is 0.0997. The fourth-order valence-corrected chi connectivity index (χ4v) is 4.22. The maximum atomic E-state index is 14.0. The molecule has 10 heteroatoms. The molecule has 188 valence electrons. The van der Waals surface area contributed by atoms with Gasteiger partial charge < -0.3 is 28.4 Å². The topological polar surface area (TPSA) is 107 Å². The lowest BCUT2D eigenvalue weighted by Gasteiger charge is -2.18. The molecule has 0 atom stereocenters. The van der Waals surface area contributed by atoms with Crippen molar-refractivity contribution in [2.75, 3.05) is 42.7 Å². The average molecular weight is 512 g/mol. The summed E-state index contributed by atoms with van der Waals surface area (Å²) in [4.78, 5) is 27.9. The molecule has 9 nitrogen and oxygen atoms in total. The standard InChI is InChI=1S/C26H25O9P/c1-30-14-10-17(32-3)23(18(11-14)33-4)25(27)16-8-7-9-21(36-29)22(16)26(28)24-19(34-5)12-15(31-2)13-20(24)35-6/h7-13H,1-6H3. The highest BCUT2D eigenvalue weighted by molar-refractivity contribution is 7.34. The van der Waals surface area contributed by atoms with Gasteiger partial charge in [0, 0.05) is 35.4 Å². The van der Waals surface area contributed by atoms with E-state index in [0.29, 0.717) is 11.5 Å². The van der Waals surface area contributed by atoms with E-state index in [1.54, 1.807) is 0 Å². The quantitative estimate of drug-likeness (QED) is 0.277. The molecule has 0 saturated carbocycles. The molecule has 0 bridgehead atoms. The summed E-state index contributed by atoms with van der Waals surface area (Å²) in [6, 6.07) is 10.6. The SMILES string of the molecule is COc1cc(OC)c(C(=O)c2cccc(P=O)c2C(=O)c2c(OC)cc(OC)cc2OC)c(OC)c1. The molecular weight excluding hydrogens is 487 g/mol. The zero-order chi connectivity index (χ0) is 26.4. The predicted molar refractivity (Wildman–Crippen MR) is 133 cm³/mol. The van der Waals surface area contributed by atoms with E-state index in [9.17, 15) is 14.2 Å². The molecule has 0 saturated heterocycles. The van der Waals surface area contributed by atoms with E-state index in [0.717, 1.165) is 0 Å². The smallest absolute Gasteiger partial charge is 0.202 e. The van der Waals surface area contributed by atoms with E-state index >= 15 is 0 Å². The number of carbonyl (C=O) groups excluding carboxylic acids is 2. The van der Waals surface area contributed by atoms with Crippen molar-refractivity contribution in [3.63, 3.8) is 0 Å². The molecular formula is C26H25O9P. The Hall–Kier alpha value is -4.10. The Bertz CT molecular complexity index is 1270. The number of methoxy groups -OCH3 is 6. The number of hydrogen-bond donors (Lipinski definition) is 0. The minimum Gasteiger partial charge on any atom is -0.496 e. The van der Waals surface area contributed by atoms with Crippen LogP contribution >= 0.6 is 8.46 Å². The maximum absolute atomic E-state index is 14.0. The summed E-state index contributed by atoms with van der Waals surface area (Å²) in [5, 5.41) is 0.109. The second-order valence-electron chi connectivity index (χ2n) is 7.26. The first kappa shape index (κ1) is 26.5. The summed E-state index contributed by atoms with van der Waals surface area (Å²) < 4.78 is 44.3. The molecule has 0 unspecified atom stereocenters. The van der Waals surface area contributed by atoms with Gasteiger partial charge in [-0.2, -0.15) is 0 Å². The number of carbonyl (C=O) groups is 2. The lowest BCUT2D eigenvalue weighted by Crippen LogP contribution is -2.20. The van der Waals surface area contributed by atoms with Gasteiger partial charge in [0.2, 0.25) is 11.6 Å². The second kappa shape index (κ2) is 11.6. The number of benzene rings is 3. The average Bonchev–Trinajstić information content (AvgIpc) is 2.93. The highest BCUT2D eigenvalue weighted by atomic mass is 31.1. The summed E-state index contributed by atoms with van der Waals surface area (Å²) in [5.74, 6) is 0.291. The van der Waals surface area contributed by atoms with Gasteiger partial charge in [0.05, 0.1) is 48.0 Å². The summed E-state index contributed by atoms with van der Waals surface area (Å²) in [7, 11) is 8.06. The van der Waals surface area contributed by atoms with E-state index in [2.05, 4.69) is 0 Å². The minimum absolute atomic E-state index is 0.0115. The fraction of sp³-hybridized carbons (Fsp3) is 0.231. The van der Waals surface area contributed by atoms with Crippen LogP contribution in [0.5, 0.6) is 34.5 Å². The fourth-order valence-electron chi connectivity index (χ4n) is 3.76. The molecule has 3 aromatic carbocycles. The molecule has 3 rings (SSSR count). The Kier molecular flexibility index (Phi) is 8.51. The van der Waals surface area contributed by atoms with Gasteiger partial charge in [0.1, 0.15) is 45.6 Å². The van der Waals surface area contributed by atoms with Crippen molar-refractivity contribution >= 4 is 25.3 Å². The first-order valence-corrected chi connectivity index (χ1v) is 11.4.